The molecule has 2 aromatic heterocycles. The summed E-state index contributed by atoms with van der Waals surface area (Å²) in [4.78, 5) is 7.76. The summed E-state index contributed by atoms with van der Waals surface area (Å²) in [5, 5.41) is 7.01. The number of ether oxygens (including phenoxy) is 1. The predicted octanol–water partition coefficient (Wildman–Crippen LogP) is 2.62. The van der Waals surface area contributed by atoms with Crippen LogP contribution in [0, 0.1) is 5.82 Å². The van der Waals surface area contributed by atoms with Crippen molar-refractivity contribution in [1.82, 2.24) is 19.7 Å². The van der Waals surface area contributed by atoms with Gasteiger partial charge in [0.1, 0.15) is 0 Å². The minimum absolute atomic E-state index is 0.116. The Morgan fingerprint density at radius 2 is 2.21 bits per heavy atom. The lowest BCUT2D eigenvalue weighted by atomic mass is 10.4. The Morgan fingerprint density at radius 1 is 1.42 bits per heavy atom. The molecule has 0 bridgehead atoms. The van der Waals surface area contributed by atoms with Gasteiger partial charge in [0.05, 0.1) is 18.6 Å². The zero-order valence-corrected chi connectivity index (χ0v) is 11.1. The molecule has 2 aromatic rings. The maximum Gasteiger partial charge on any atom is 0.260 e. The summed E-state index contributed by atoms with van der Waals surface area (Å²) in [6, 6.07) is 0.213. The number of hydrogen-bond acceptors (Lipinski definition) is 5. The Hall–Kier alpha value is -2.18. The van der Waals surface area contributed by atoms with Gasteiger partial charge in [-0.2, -0.15) is 14.5 Å². The van der Waals surface area contributed by atoms with Crippen molar-refractivity contribution in [3.63, 3.8) is 0 Å². The van der Waals surface area contributed by atoms with Crippen LogP contribution in [0.5, 0.6) is 11.6 Å². The van der Waals surface area contributed by atoms with Crippen LogP contribution in [0.2, 0.25) is 0 Å². The summed E-state index contributed by atoms with van der Waals surface area (Å²) in [6.07, 6.45) is 4.29. The van der Waals surface area contributed by atoms with E-state index in [0.717, 1.165) is 6.20 Å². The number of nitrogens with zero attached hydrogens (tertiary/aromatic N) is 4. The molecule has 0 radical (unpaired) electrons. The molecule has 0 aromatic carbocycles. The Bertz CT molecular complexity index is 555. The molecule has 0 aliphatic rings. The smallest absolute Gasteiger partial charge is 0.260 e. The van der Waals surface area contributed by atoms with E-state index in [-0.39, 0.29) is 11.9 Å². The van der Waals surface area contributed by atoms with Crippen molar-refractivity contribution in [3.05, 3.63) is 24.4 Å². The summed E-state index contributed by atoms with van der Waals surface area (Å²) < 4.78 is 20.7. The maximum atomic E-state index is 13.6. The van der Waals surface area contributed by atoms with Crippen LogP contribution in [0.4, 0.5) is 10.3 Å². The zero-order chi connectivity index (χ0) is 13.8. The van der Waals surface area contributed by atoms with Crippen molar-refractivity contribution >= 4 is 5.95 Å². The van der Waals surface area contributed by atoms with Gasteiger partial charge in [0.15, 0.2) is 5.75 Å². The third-order valence-electron chi connectivity index (χ3n) is 2.37. The second kappa shape index (κ2) is 5.64. The highest BCUT2D eigenvalue weighted by Crippen LogP contribution is 2.23. The molecule has 2 heterocycles. The average molecular weight is 265 g/mol. The van der Waals surface area contributed by atoms with Gasteiger partial charge in [-0.1, -0.05) is 0 Å². The van der Waals surface area contributed by atoms with Crippen LogP contribution in [-0.2, 0) is 0 Å². The van der Waals surface area contributed by atoms with Gasteiger partial charge in [0.2, 0.25) is 11.8 Å². The van der Waals surface area contributed by atoms with E-state index in [0.29, 0.717) is 18.2 Å². The monoisotopic (exact) mass is 265 g/mol. The minimum Gasteiger partial charge on any atom is -0.433 e. The number of hydrogen-bond donors (Lipinski definition) is 1. The van der Waals surface area contributed by atoms with E-state index in [2.05, 4.69) is 20.4 Å². The van der Waals surface area contributed by atoms with E-state index in [9.17, 15) is 4.39 Å². The Labute approximate surface area is 110 Å². The van der Waals surface area contributed by atoms with Crippen molar-refractivity contribution in [3.8, 4) is 11.6 Å². The molecule has 0 saturated carbocycles. The van der Waals surface area contributed by atoms with Gasteiger partial charge in [-0.25, -0.2) is 4.98 Å². The molecule has 0 atom stereocenters. The summed E-state index contributed by atoms with van der Waals surface area (Å²) in [6.45, 7) is 6.53. The molecule has 7 heteroatoms. The van der Waals surface area contributed by atoms with Gasteiger partial charge in [0.25, 0.3) is 5.88 Å². The highest BCUT2D eigenvalue weighted by Gasteiger charge is 2.11. The first-order valence-corrected chi connectivity index (χ1v) is 6.08. The van der Waals surface area contributed by atoms with Gasteiger partial charge in [-0.3, -0.25) is 4.68 Å². The topological polar surface area (TPSA) is 64.9 Å². The van der Waals surface area contributed by atoms with Crippen LogP contribution >= 0.6 is 0 Å². The number of nitrogens with one attached hydrogen (secondary N) is 1. The molecular formula is C12H16FN5O. The SMILES string of the molecule is CCNc1ncc(F)c(Oc2cnn(C(C)C)c2)n1. The van der Waals surface area contributed by atoms with Crippen LogP contribution in [0.15, 0.2) is 18.6 Å². The Balaban J connectivity index is 2.19. The number of halogens is 1. The predicted molar refractivity (Wildman–Crippen MR) is 68.8 cm³/mol. The molecule has 2 rings (SSSR count). The quantitative estimate of drug-likeness (QED) is 0.900. The van der Waals surface area contributed by atoms with E-state index < -0.39 is 5.82 Å². The minimum atomic E-state index is -0.612. The molecule has 0 unspecified atom stereocenters. The zero-order valence-electron chi connectivity index (χ0n) is 11.1. The van der Waals surface area contributed by atoms with Gasteiger partial charge in [-0.05, 0) is 20.8 Å². The first-order valence-electron chi connectivity index (χ1n) is 6.08. The average Bonchev–Trinajstić information content (AvgIpc) is 2.82. The molecule has 102 valence electrons. The Kier molecular flexibility index (Phi) is 3.94. The summed E-state index contributed by atoms with van der Waals surface area (Å²) in [5.74, 6) is 0.0390. The van der Waals surface area contributed by atoms with E-state index in [4.69, 9.17) is 4.74 Å². The van der Waals surface area contributed by atoms with Crippen molar-refractivity contribution in [2.45, 2.75) is 26.8 Å². The van der Waals surface area contributed by atoms with Gasteiger partial charge < -0.3 is 10.1 Å². The molecule has 0 aliphatic heterocycles. The standard InChI is InChI=1S/C12H16FN5O/c1-4-14-12-15-6-10(13)11(17-12)19-9-5-16-18(7-9)8(2)3/h5-8H,4H2,1-3H3,(H,14,15,17). The highest BCUT2D eigenvalue weighted by molar-refractivity contribution is 5.30. The molecule has 19 heavy (non-hydrogen) atoms. The first-order chi connectivity index (χ1) is 9.10. The molecular weight excluding hydrogens is 249 g/mol. The molecule has 0 saturated heterocycles. The molecule has 0 fully saturated rings. The fourth-order valence-corrected chi connectivity index (χ4v) is 1.43. The third-order valence-corrected chi connectivity index (χ3v) is 2.37. The largest absolute Gasteiger partial charge is 0.433 e. The molecule has 0 spiro atoms. The van der Waals surface area contributed by atoms with Crippen LogP contribution in [-0.4, -0.2) is 26.3 Å². The van der Waals surface area contributed by atoms with Crippen molar-refractivity contribution in [1.29, 1.82) is 0 Å². The second-order valence-corrected chi connectivity index (χ2v) is 4.23. The lowest BCUT2D eigenvalue weighted by Crippen LogP contribution is -2.04. The van der Waals surface area contributed by atoms with E-state index in [1.54, 1.807) is 10.9 Å². The van der Waals surface area contributed by atoms with Gasteiger partial charge >= 0.3 is 0 Å². The normalized spacial score (nSPS) is 10.8. The fraction of sp³-hybridized carbons (Fsp3) is 0.417. The van der Waals surface area contributed by atoms with E-state index >= 15 is 0 Å². The van der Waals surface area contributed by atoms with Crippen molar-refractivity contribution in [2.24, 2.45) is 0 Å². The number of aromatic nitrogens is 4. The fourth-order valence-electron chi connectivity index (χ4n) is 1.43. The lowest BCUT2D eigenvalue weighted by Gasteiger charge is -2.06. The summed E-state index contributed by atoms with van der Waals surface area (Å²) >= 11 is 0. The highest BCUT2D eigenvalue weighted by atomic mass is 19.1. The molecule has 1 N–H and O–H groups in total. The van der Waals surface area contributed by atoms with Crippen LogP contribution in [0.3, 0.4) is 0 Å². The molecule has 0 amide bonds. The Morgan fingerprint density at radius 3 is 2.84 bits per heavy atom. The lowest BCUT2D eigenvalue weighted by molar-refractivity contribution is 0.419. The van der Waals surface area contributed by atoms with E-state index in [1.807, 2.05) is 20.8 Å². The summed E-state index contributed by atoms with van der Waals surface area (Å²) in [5.41, 5.74) is 0. The first kappa shape index (κ1) is 13.3. The second-order valence-electron chi connectivity index (χ2n) is 4.23. The van der Waals surface area contributed by atoms with Crippen LogP contribution < -0.4 is 10.1 Å². The molecule has 0 aliphatic carbocycles. The van der Waals surface area contributed by atoms with Crippen molar-refractivity contribution < 1.29 is 9.13 Å². The number of anilines is 1. The molecule has 6 nitrogen and oxygen atoms in total. The third kappa shape index (κ3) is 3.18. The maximum absolute atomic E-state index is 13.6. The van der Waals surface area contributed by atoms with Gasteiger partial charge in [0, 0.05) is 12.6 Å². The van der Waals surface area contributed by atoms with Crippen molar-refractivity contribution in [2.75, 3.05) is 11.9 Å². The summed E-state index contributed by atoms with van der Waals surface area (Å²) in [7, 11) is 0. The van der Waals surface area contributed by atoms with Gasteiger partial charge in [-0.15, -0.1) is 0 Å². The van der Waals surface area contributed by atoms with E-state index in [1.165, 1.54) is 6.20 Å². The van der Waals surface area contributed by atoms with Crippen LogP contribution in [0.25, 0.3) is 0 Å². The number of rotatable bonds is 5. The van der Waals surface area contributed by atoms with Crippen LogP contribution in [0.1, 0.15) is 26.8 Å².